The molecule has 4 atom stereocenters. The van der Waals surface area contributed by atoms with Gasteiger partial charge in [0.15, 0.2) is 23.3 Å². The van der Waals surface area contributed by atoms with Gasteiger partial charge >= 0.3 is 24.2 Å². The number of hydrogen-bond acceptors (Lipinski definition) is 24. The molecule has 0 bridgehead atoms. The standard InChI is InChI=1S/C26H32N8O2S.C23H25N7O2.C22H18F7N7.C20H18F3N7/c1-18(19-8-10-34(11-9-19)37(4,35)36)30-26-24(23-14-29-33(3)17-23)15-27-25(31-26)21-7-5-6-20(12-21)22-13-28-32(2)16-22;1-29-12-16(9-25-29)14-4-3-5-15(8-14)22-24-11-18(17-10-26-30(2)13-17)23(28-22)27-19-6-7-20(31)21(19)32;1-35-10-15(7-32-35)13-4-3-5-14(6-13)18-30-9-17(16-8-33-36(2)11-16)19(34-18)31-12-20(23,24)21(25,26)22(27,28)29;1-29-10-15(7-26-29)13-4-3-5-14(6-13)18-24-9-17(16-8-27-30(2)11-16)19(28-18)25-12-20(21,22)23/h5-7,12-19H,8-11H2,1-4H3,(H,27,30,31);3-5,8-13,19-21,31-32H,6-7H2,1-2H3,(H,24,27,28);3-11H,12H2,1-2H3,(H,30,31,34);3-11H,12H2,1-2H3,(H,24,25,28)/t;19-,20-,21+;;/m.0../s1. The number of anilines is 4. The van der Waals surface area contributed by atoms with Crippen LogP contribution >= 0.6 is 0 Å². The molecule has 18 rings (SSSR count). The third-order valence-electron chi connectivity index (χ3n) is 22.5. The van der Waals surface area contributed by atoms with Crippen molar-refractivity contribution in [2.45, 2.75) is 81.1 Å². The van der Waals surface area contributed by atoms with E-state index in [1.807, 2.05) is 157 Å². The quantitative estimate of drug-likeness (QED) is 0.0306. The predicted molar refractivity (Wildman–Crippen MR) is 487 cm³/mol. The molecule has 0 amide bonds. The molecule has 0 radical (unpaired) electrons. The highest BCUT2D eigenvalue weighted by Gasteiger charge is 2.72. The molecular weight excluding hydrogens is 1790 g/mol. The first kappa shape index (κ1) is 94.8. The summed E-state index contributed by atoms with van der Waals surface area (Å²) < 4.78 is 170. The van der Waals surface area contributed by atoms with Gasteiger partial charge in [-0.25, -0.2) is 52.6 Å². The fourth-order valence-electron chi connectivity index (χ4n) is 15.3. The number of hydrogen-bond donors (Lipinski definition) is 6. The maximum Gasteiger partial charge on any atom is 0.459 e. The lowest BCUT2D eigenvalue weighted by molar-refractivity contribution is -0.350. The normalized spacial score (nSPS) is 15.3. The van der Waals surface area contributed by atoms with E-state index in [0.29, 0.717) is 83.0 Å². The van der Waals surface area contributed by atoms with E-state index in [-0.39, 0.29) is 35.1 Å². The van der Waals surface area contributed by atoms with E-state index in [1.54, 1.807) is 126 Å². The predicted octanol–water partition coefficient (Wildman–Crippen LogP) is 14.8. The summed E-state index contributed by atoms with van der Waals surface area (Å²) in [6.45, 7) is -0.00766. The van der Waals surface area contributed by atoms with Gasteiger partial charge in [0.05, 0.1) is 80.6 Å². The van der Waals surface area contributed by atoms with E-state index >= 15 is 0 Å². The van der Waals surface area contributed by atoms with Crippen molar-refractivity contribution >= 4 is 33.3 Å². The number of aromatic nitrogens is 24. The summed E-state index contributed by atoms with van der Waals surface area (Å²) in [7, 11) is 11.2. The van der Waals surface area contributed by atoms with Gasteiger partial charge in [0.2, 0.25) is 10.0 Å². The van der Waals surface area contributed by atoms with Crippen LogP contribution in [0, 0.1) is 5.92 Å². The number of aliphatic hydroxyl groups excluding tert-OH is 2. The first-order valence-electron chi connectivity index (χ1n) is 42.2. The van der Waals surface area contributed by atoms with Crippen LogP contribution in [0.2, 0.25) is 0 Å². The van der Waals surface area contributed by atoms with Gasteiger partial charge in [0, 0.05) is 239 Å². The van der Waals surface area contributed by atoms with Crippen molar-refractivity contribution in [3.63, 3.8) is 0 Å². The number of piperidine rings is 1. The first-order valence-corrected chi connectivity index (χ1v) is 44.1. The molecule has 13 heterocycles. The molecular formula is C91H93F10N29O4S. The summed E-state index contributed by atoms with van der Waals surface area (Å²) >= 11 is 0. The number of halogens is 10. The zero-order valence-corrected chi connectivity index (χ0v) is 75.2. The van der Waals surface area contributed by atoms with Gasteiger partial charge < -0.3 is 31.5 Å². The van der Waals surface area contributed by atoms with Crippen LogP contribution in [-0.2, 0) is 66.4 Å². The van der Waals surface area contributed by atoms with E-state index in [0.717, 1.165) is 96.5 Å². The van der Waals surface area contributed by atoms with E-state index < -0.39 is 59.5 Å². The van der Waals surface area contributed by atoms with Gasteiger partial charge in [-0.15, -0.1) is 0 Å². The topological polar surface area (TPSA) is 372 Å². The largest absolute Gasteiger partial charge is 0.459 e. The smallest absolute Gasteiger partial charge is 0.390 e. The van der Waals surface area contributed by atoms with E-state index in [2.05, 4.69) is 101 Å². The minimum Gasteiger partial charge on any atom is -0.390 e. The van der Waals surface area contributed by atoms with Crippen LogP contribution < -0.4 is 21.3 Å². The SMILES string of the molecule is CC(Nc1nc(-c2cccc(-c3cnn(C)c3)c2)ncc1-c1cnn(C)c1)C1CCN(S(C)(=O)=O)CC1.Cn1cc(-c2cccc(-c3ncc(-c4cnn(C)c4)c(NCC(F)(F)C(F)(F)C(F)(F)F)n3)c2)cn1.Cn1cc(-c2cccc(-c3ncc(-c4cnn(C)c4)c(NCC(F)(F)F)n3)c2)cn1.Cn1cc(-c2cccc(-c3ncc(-c4cnn(C)c4)c(N[C@H]4CC[C@H](O)[C@@H]4O)n3)c2)cn1. The van der Waals surface area contributed by atoms with Crippen molar-refractivity contribution in [1.82, 2.24) is 122 Å². The Morgan fingerprint density at radius 2 is 0.667 bits per heavy atom. The van der Waals surface area contributed by atoms with Gasteiger partial charge in [-0.1, -0.05) is 72.8 Å². The molecule has 16 aromatic rings. The summed E-state index contributed by atoms with van der Waals surface area (Å²) in [6, 6.07) is 30.2. The Morgan fingerprint density at radius 3 is 0.956 bits per heavy atom. The average molecular weight is 1880 g/mol. The lowest BCUT2D eigenvalue weighted by Gasteiger charge is -2.34. The van der Waals surface area contributed by atoms with E-state index in [4.69, 9.17) is 15.0 Å². The van der Waals surface area contributed by atoms with E-state index in [9.17, 15) is 62.5 Å². The fraction of sp³-hybridized carbons (Fsp3) is 0.297. The highest BCUT2D eigenvalue weighted by atomic mass is 32.2. The summed E-state index contributed by atoms with van der Waals surface area (Å²) in [5.74, 6) is -8.77. The number of aryl methyl sites for hydroxylation is 8. The Kier molecular flexibility index (Phi) is 27.8. The molecule has 702 valence electrons. The van der Waals surface area contributed by atoms with Gasteiger partial charge in [-0.05, 0) is 85.0 Å². The molecule has 1 aliphatic heterocycles. The van der Waals surface area contributed by atoms with Crippen molar-refractivity contribution in [3.05, 3.63) is 221 Å². The van der Waals surface area contributed by atoms with Crippen LogP contribution in [0.4, 0.5) is 67.2 Å². The molecule has 4 aromatic carbocycles. The number of alkyl halides is 10. The Bertz CT molecular complexity index is 6950. The Labute approximate surface area is 767 Å². The van der Waals surface area contributed by atoms with Crippen LogP contribution in [0.3, 0.4) is 0 Å². The van der Waals surface area contributed by atoms with Crippen LogP contribution in [0.1, 0.15) is 32.6 Å². The number of nitrogens with zero attached hydrogens (tertiary/aromatic N) is 25. The monoisotopic (exact) mass is 1880 g/mol. The maximum atomic E-state index is 14.0. The molecule has 1 saturated heterocycles. The molecule has 1 aliphatic carbocycles. The third-order valence-corrected chi connectivity index (χ3v) is 23.8. The number of rotatable bonds is 24. The lowest BCUT2D eigenvalue weighted by atomic mass is 9.91. The molecule has 135 heavy (non-hydrogen) atoms. The second-order valence-electron chi connectivity index (χ2n) is 32.8. The van der Waals surface area contributed by atoms with Crippen molar-refractivity contribution < 1.29 is 62.5 Å². The minimum atomic E-state index is -6.44. The van der Waals surface area contributed by atoms with Crippen molar-refractivity contribution in [3.8, 4) is 135 Å². The zero-order chi connectivity index (χ0) is 96.0. The van der Waals surface area contributed by atoms with Crippen LogP contribution in [0.5, 0.6) is 0 Å². The maximum absolute atomic E-state index is 14.0. The molecule has 2 aliphatic rings. The fourth-order valence-corrected chi connectivity index (χ4v) is 16.2. The number of sulfonamides is 1. The number of benzene rings is 4. The highest BCUT2D eigenvalue weighted by molar-refractivity contribution is 7.88. The summed E-state index contributed by atoms with van der Waals surface area (Å²) in [5.41, 5.74) is 15.3. The molecule has 1 saturated carbocycles. The van der Waals surface area contributed by atoms with Crippen LogP contribution in [0.25, 0.3) is 135 Å². The second kappa shape index (κ2) is 39.6. The Hall–Kier alpha value is -14.8. The van der Waals surface area contributed by atoms with Gasteiger partial charge in [-0.2, -0.15) is 84.7 Å². The number of aliphatic hydroxyl groups is 2. The average Bonchev–Trinajstić information content (AvgIpc) is 1.54. The molecule has 33 nitrogen and oxygen atoms in total. The van der Waals surface area contributed by atoms with Crippen molar-refractivity contribution in [1.29, 1.82) is 0 Å². The van der Waals surface area contributed by atoms with Gasteiger partial charge in [-0.3, -0.25) is 37.5 Å². The molecule has 0 spiro atoms. The molecule has 1 unspecified atom stereocenters. The molecule has 6 N–H and O–H groups in total. The summed E-state index contributed by atoms with van der Waals surface area (Å²) in [6.07, 6.45) is 26.2. The van der Waals surface area contributed by atoms with Crippen molar-refractivity contribution in [2.75, 3.05) is 53.7 Å². The van der Waals surface area contributed by atoms with Crippen LogP contribution in [0.15, 0.2) is 221 Å². The van der Waals surface area contributed by atoms with Crippen LogP contribution in [-0.4, -0.2) is 222 Å². The van der Waals surface area contributed by atoms with Gasteiger partial charge in [0.1, 0.15) is 29.8 Å². The first-order chi connectivity index (χ1) is 64.2. The zero-order valence-electron chi connectivity index (χ0n) is 74.4. The Morgan fingerprint density at radius 1 is 0.378 bits per heavy atom. The Balaban J connectivity index is 0.000000137. The van der Waals surface area contributed by atoms with E-state index in [1.165, 1.54) is 35.7 Å². The highest BCUT2D eigenvalue weighted by Crippen LogP contribution is 2.47. The summed E-state index contributed by atoms with van der Waals surface area (Å²) in [5, 5.41) is 65.1. The third kappa shape index (κ3) is 22.8. The number of nitrogens with one attached hydrogen (secondary N) is 4. The summed E-state index contributed by atoms with van der Waals surface area (Å²) in [4.78, 5) is 36.3. The van der Waals surface area contributed by atoms with Crippen molar-refractivity contribution in [2.24, 2.45) is 62.3 Å². The molecule has 12 aromatic heterocycles. The molecule has 2 fully saturated rings. The minimum absolute atomic E-state index is 0.0294. The second-order valence-corrected chi connectivity index (χ2v) is 34.8. The lowest BCUT2D eigenvalue weighted by Crippen LogP contribution is -2.55. The van der Waals surface area contributed by atoms with Gasteiger partial charge in [0.25, 0.3) is 0 Å². The molecule has 44 heteroatoms.